The molecule has 0 radical (unpaired) electrons. The molecule has 0 aliphatic carbocycles. The van der Waals surface area contributed by atoms with Crippen molar-refractivity contribution >= 4 is 16.5 Å². The maximum atomic E-state index is 11.1. The van der Waals surface area contributed by atoms with E-state index in [1.54, 1.807) is 24.3 Å². The third-order valence-electron chi connectivity index (χ3n) is 1.72. The number of anilines is 1. The summed E-state index contributed by atoms with van der Waals surface area (Å²) in [6, 6.07) is 6.89. The van der Waals surface area contributed by atoms with Crippen LogP contribution in [0.1, 0.15) is 0 Å². The summed E-state index contributed by atoms with van der Waals surface area (Å²) in [6.45, 7) is 0. The molecule has 2 aromatic rings. The van der Waals surface area contributed by atoms with Gasteiger partial charge < -0.3 is 10.2 Å². The van der Waals surface area contributed by atoms with Gasteiger partial charge in [-0.1, -0.05) is 6.07 Å². The molecule has 2 N–H and O–H groups in total. The Kier molecular flexibility index (Phi) is 1.37. The molecule has 0 aliphatic heterocycles. The Morgan fingerprint density at radius 1 is 1.25 bits per heavy atom. The molecule has 60 valence electrons. The fourth-order valence-electron chi connectivity index (χ4n) is 1.13. The van der Waals surface area contributed by atoms with Gasteiger partial charge in [0, 0.05) is 5.69 Å². The Morgan fingerprint density at radius 3 is 2.92 bits per heavy atom. The van der Waals surface area contributed by atoms with E-state index in [1.807, 2.05) is 0 Å². The lowest BCUT2D eigenvalue weighted by atomic mass is 10.2. The fourth-order valence-corrected chi connectivity index (χ4v) is 1.13. The number of hydrogen-bond donors (Lipinski definition) is 1. The average Bonchev–Trinajstić information content (AvgIpc) is 2.07. The van der Waals surface area contributed by atoms with Gasteiger partial charge in [0.1, 0.15) is 0 Å². The molecule has 0 unspecified atom stereocenters. The topological polar surface area (TPSA) is 56.2 Å². The summed E-state index contributed by atoms with van der Waals surface area (Å²) < 4.78 is 4.68. The van der Waals surface area contributed by atoms with Gasteiger partial charge in [-0.15, -0.1) is 0 Å². The van der Waals surface area contributed by atoms with Gasteiger partial charge in [-0.05, 0) is 23.6 Å². The normalized spacial score (nSPS) is 10.3. The number of rotatable bonds is 0. The second kappa shape index (κ2) is 2.37. The molecule has 0 aliphatic rings. The summed E-state index contributed by atoms with van der Waals surface area (Å²) in [6.07, 6.45) is 1.38. The van der Waals surface area contributed by atoms with Gasteiger partial charge in [0.05, 0.1) is 11.6 Å². The lowest BCUT2D eigenvalue weighted by Crippen LogP contribution is -1.98. The minimum atomic E-state index is -0.347. The maximum absolute atomic E-state index is 11.1. The van der Waals surface area contributed by atoms with Crippen molar-refractivity contribution in [3.8, 4) is 0 Å². The van der Waals surface area contributed by atoms with Crippen LogP contribution in [0, 0.1) is 0 Å². The predicted molar refractivity (Wildman–Crippen MR) is 46.9 cm³/mol. The number of nitrogens with two attached hydrogens (primary N) is 1. The van der Waals surface area contributed by atoms with E-state index >= 15 is 0 Å². The van der Waals surface area contributed by atoms with E-state index in [0.29, 0.717) is 11.1 Å². The van der Waals surface area contributed by atoms with Gasteiger partial charge in [-0.25, -0.2) is 4.79 Å². The van der Waals surface area contributed by atoms with Gasteiger partial charge >= 0.3 is 5.63 Å². The minimum absolute atomic E-state index is 0.347. The van der Waals surface area contributed by atoms with Crippen molar-refractivity contribution in [1.29, 1.82) is 0 Å². The zero-order chi connectivity index (χ0) is 8.55. The number of hydrogen-bond acceptors (Lipinski definition) is 3. The van der Waals surface area contributed by atoms with E-state index in [-0.39, 0.29) is 5.63 Å². The SMILES string of the molecule is Nc1ccc2ccoc(=O)c2c1. The van der Waals surface area contributed by atoms with Gasteiger partial charge in [0.25, 0.3) is 0 Å². The molecule has 3 nitrogen and oxygen atoms in total. The number of fused-ring (bicyclic) bond motifs is 1. The summed E-state index contributed by atoms with van der Waals surface area (Å²) in [7, 11) is 0. The highest BCUT2D eigenvalue weighted by atomic mass is 16.4. The molecule has 3 heteroatoms. The van der Waals surface area contributed by atoms with Crippen molar-refractivity contribution in [1.82, 2.24) is 0 Å². The summed E-state index contributed by atoms with van der Waals surface area (Å²) in [4.78, 5) is 11.1. The van der Waals surface area contributed by atoms with Crippen LogP contribution >= 0.6 is 0 Å². The number of nitrogen functional groups attached to an aromatic ring is 1. The zero-order valence-corrected chi connectivity index (χ0v) is 6.28. The van der Waals surface area contributed by atoms with Crippen molar-refractivity contribution in [2.24, 2.45) is 0 Å². The van der Waals surface area contributed by atoms with E-state index in [2.05, 4.69) is 4.42 Å². The molecule has 0 spiro atoms. The van der Waals surface area contributed by atoms with Crippen molar-refractivity contribution in [3.63, 3.8) is 0 Å². The molecule has 12 heavy (non-hydrogen) atoms. The first-order chi connectivity index (χ1) is 5.77. The summed E-state index contributed by atoms with van der Waals surface area (Å²) >= 11 is 0. The minimum Gasteiger partial charge on any atom is -0.431 e. The first kappa shape index (κ1) is 6.91. The Labute approximate surface area is 68.4 Å². The Morgan fingerprint density at radius 2 is 2.08 bits per heavy atom. The number of benzene rings is 1. The van der Waals surface area contributed by atoms with Crippen molar-refractivity contribution < 1.29 is 4.42 Å². The Balaban J connectivity index is 2.98. The van der Waals surface area contributed by atoms with Crippen molar-refractivity contribution in [2.75, 3.05) is 5.73 Å². The molecule has 1 aromatic heterocycles. The third-order valence-corrected chi connectivity index (χ3v) is 1.72. The van der Waals surface area contributed by atoms with E-state index in [0.717, 1.165) is 5.39 Å². The molecular formula is C9H7NO2. The van der Waals surface area contributed by atoms with Crippen LogP contribution in [0.15, 0.2) is 39.7 Å². The van der Waals surface area contributed by atoms with Crippen LogP contribution < -0.4 is 11.4 Å². The third kappa shape index (κ3) is 0.955. The van der Waals surface area contributed by atoms with Crippen LogP contribution in [0.2, 0.25) is 0 Å². The van der Waals surface area contributed by atoms with Crippen LogP contribution in [-0.2, 0) is 0 Å². The molecule has 0 amide bonds. The molecule has 2 rings (SSSR count). The van der Waals surface area contributed by atoms with Crippen molar-refractivity contribution in [3.05, 3.63) is 40.9 Å². The summed E-state index contributed by atoms with van der Waals surface area (Å²) in [5.74, 6) is 0. The Hall–Kier alpha value is -1.77. The van der Waals surface area contributed by atoms with Gasteiger partial charge in [0.15, 0.2) is 0 Å². The van der Waals surface area contributed by atoms with Crippen LogP contribution in [0.5, 0.6) is 0 Å². The monoisotopic (exact) mass is 161 g/mol. The van der Waals surface area contributed by atoms with Crippen LogP contribution in [-0.4, -0.2) is 0 Å². The molecule has 0 saturated carbocycles. The molecule has 0 atom stereocenters. The quantitative estimate of drug-likeness (QED) is 0.594. The average molecular weight is 161 g/mol. The maximum Gasteiger partial charge on any atom is 0.343 e. The molecule has 1 aromatic carbocycles. The fraction of sp³-hybridized carbons (Fsp3) is 0. The standard InChI is InChI=1S/C9H7NO2/c10-7-2-1-6-3-4-12-9(11)8(6)5-7/h1-5H,10H2. The van der Waals surface area contributed by atoms with E-state index in [1.165, 1.54) is 6.26 Å². The lowest BCUT2D eigenvalue weighted by molar-refractivity contribution is 0.519. The van der Waals surface area contributed by atoms with Gasteiger partial charge in [-0.3, -0.25) is 0 Å². The second-order valence-electron chi connectivity index (χ2n) is 2.55. The van der Waals surface area contributed by atoms with Crippen LogP contribution in [0.4, 0.5) is 5.69 Å². The van der Waals surface area contributed by atoms with Crippen LogP contribution in [0.25, 0.3) is 10.8 Å². The zero-order valence-electron chi connectivity index (χ0n) is 6.28. The summed E-state index contributed by atoms with van der Waals surface area (Å²) in [5.41, 5.74) is 5.74. The first-order valence-corrected chi connectivity index (χ1v) is 3.54. The lowest BCUT2D eigenvalue weighted by Gasteiger charge is -1.95. The van der Waals surface area contributed by atoms with E-state index in [4.69, 9.17) is 5.73 Å². The van der Waals surface area contributed by atoms with Gasteiger partial charge in [-0.2, -0.15) is 0 Å². The molecule has 0 saturated heterocycles. The first-order valence-electron chi connectivity index (χ1n) is 3.54. The highest BCUT2D eigenvalue weighted by molar-refractivity contribution is 5.83. The van der Waals surface area contributed by atoms with Gasteiger partial charge in [0.2, 0.25) is 0 Å². The van der Waals surface area contributed by atoms with Crippen molar-refractivity contribution in [2.45, 2.75) is 0 Å². The second-order valence-corrected chi connectivity index (χ2v) is 2.55. The van der Waals surface area contributed by atoms with E-state index < -0.39 is 0 Å². The van der Waals surface area contributed by atoms with E-state index in [9.17, 15) is 4.79 Å². The predicted octanol–water partition coefficient (Wildman–Crippen LogP) is 1.38. The summed E-state index contributed by atoms with van der Waals surface area (Å²) in [5, 5.41) is 1.37. The molecule has 0 fully saturated rings. The molecule has 1 heterocycles. The largest absolute Gasteiger partial charge is 0.431 e. The highest BCUT2D eigenvalue weighted by Gasteiger charge is 1.98. The highest BCUT2D eigenvalue weighted by Crippen LogP contribution is 2.12. The van der Waals surface area contributed by atoms with Crippen LogP contribution in [0.3, 0.4) is 0 Å². The molecule has 0 bridgehead atoms. The Bertz CT molecular complexity index is 473. The smallest absolute Gasteiger partial charge is 0.343 e. The molecular weight excluding hydrogens is 154 g/mol.